The summed E-state index contributed by atoms with van der Waals surface area (Å²) in [7, 11) is 0. The van der Waals surface area contributed by atoms with Crippen molar-refractivity contribution < 1.29 is 0 Å². The molecule has 1 unspecified atom stereocenters. The minimum atomic E-state index is 0.126. The Morgan fingerprint density at radius 1 is 1.11 bits per heavy atom. The van der Waals surface area contributed by atoms with E-state index in [4.69, 9.17) is 17.3 Å². The molecule has 0 aliphatic carbocycles. The van der Waals surface area contributed by atoms with Crippen LogP contribution in [0, 0.1) is 3.57 Å². The molecule has 0 radical (unpaired) electrons. The lowest BCUT2D eigenvalue weighted by Crippen LogP contribution is -2.11. The van der Waals surface area contributed by atoms with Crippen LogP contribution in [-0.4, -0.2) is 0 Å². The number of nitrogens with two attached hydrogens (primary N) is 1. The van der Waals surface area contributed by atoms with Gasteiger partial charge in [-0.3, -0.25) is 0 Å². The van der Waals surface area contributed by atoms with Crippen molar-refractivity contribution in [2.45, 2.75) is 64.3 Å². The summed E-state index contributed by atoms with van der Waals surface area (Å²) in [5, 5.41) is 0.783. The largest absolute Gasteiger partial charge is 0.324 e. The van der Waals surface area contributed by atoms with Crippen LogP contribution in [0.25, 0.3) is 0 Å². The second-order valence-corrected chi connectivity index (χ2v) is 6.78. The number of hydrogen-bond donors (Lipinski definition) is 1. The van der Waals surface area contributed by atoms with E-state index in [1.54, 1.807) is 0 Å². The van der Waals surface area contributed by atoms with Crippen molar-refractivity contribution in [3.63, 3.8) is 0 Å². The van der Waals surface area contributed by atoms with Crippen molar-refractivity contribution in [2.75, 3.05) is 0 Å². The van der Waals surface area contributed by atoms with E-state index in [1.165, 1.54) is 54.1 Å². The van der Waals surface area contributed by atoms with Crippen LogP contribution in [0.1, 0.15) is 69.9 Å². The molecular formula is C16H25ClIN. The van der Waals surface area contributed by atoms with E-state index in [2.05, 4.69) is 29.5 Å². The first-order valence-electron chi connectivity index (χ1n) is 7.35. The molecule has 0 saturated carbocycles. The summed E-state index contributed by atoms with van der Waals surface area (Å²) in [6.07, 6.45) is 10.4. The van der Waals surface area contributed by atoms with Gasteiger partial charge in [0.2, 0.25) is 0 Å². The molecule has 3 heteroatoms. The van der Waals surface area contributed by atoms with E-state index < -0.39 is 0 Å². The van der Waals surface area contributed by atoms with Crippen molar-refractivity contribution in [3.05, 3.63) is 32.4 Å². The van der Waals surface area contributed by atoms with Gasteiger partial charge in [-0.1, -0.05) is 63.5 Å². The predicted molar refractivity (Wildman–Crippen MR) is 93.7 cm³/mol. The zero-order valence-electron chi connectivity index (χ0n) is 11.8. The third-order valence-corrected chi connectivity index (χ3v) is 4.69. The maximum atomic E-state index is 6.26. The zero-order valence-corrected chi connectivity index (χ0v) is 14.7. The SMILES string of the molecule is CCCCCCCCCC(N)c1cc(Cl)ccc1I. The summed E-state index contributed by atoms with van der Waals surface area (Å²) in [5.41, 5.74) is 7.46. The van der Waals surface area contributed by atoms with Crippen LogP contribution in [0.2, 0.25) is 5.02 Å². The topological polar surface area (TPSA) is 26.0 Å². The van der Waals surface area contributed by atoms with E-state index in [9.17, 15) is 0 Å². The molecule has 0 bridgehead atoms. The van der Waals surface area contributed by atoms with Gasteiger partial charge in [0.05, 0.1) is 0 Å². The lowest BCUT2D eigenvalue weighted by Gasteiger charge is -2.14. The van der Waals surface area contributed by atoms with Gasteiger partial charge in [-0.05, 0) is 52.8 Å². The Hall–Kier alpha value is 0.200. The van der Waals surface area contributed by atoms with E-state index in [0.29, 0.717) is 0 Å². The molecule has 0 fully saturated rings. The Balaban J connectivity index is 2.23. The van der Waals surface area contributed by atoms with Gasteiger partial charge in [0.15, 0.2) is 0 Å². The fourth-order valence-electron chi connectivity index (χ4n) is 2.28. The first kappa shape index (κ1) is 17.3. The average Bonchev–Trinajstić information content (AvgIpc) is 2.40. The molecule has 1 aromatic rings. The van der Waals surface area contributed by atoms with Crippen molar-refractivity contribution >= 4 is 34.2 Å². The number of hydrogen-bond acceptors (Lipinski definition) is 1. The average molecular weight is 394 g/mol. The minimum Gasteiger partial charge on any atom is -0.324 e. The quantitative estimate of drug-likeness (QED) is 0.399. The molecule has 0 saturated heterocycles. The summed E-state index contributed by atoms with van der Waals surface area (Å²) >= 11 is 8.37. The maximum absolute atomic E-state index is 6.26. The summed E-state index contributed by atoms with van der Waals surface area (Å²) < 4.78 is 1.22. The molecule has 0 aromatic heterocycles. The molecule has 1 rings (SSSR count). The van der Waals surface area contributed by atoms with Crippen molar-refractivity contribution in [3.8, 4) is 0 Å². The molecule has 1 aromatic carbocycles. The molecule has 1 atom stereocenters. The summed E-state index contributed by atoms with van der Waals surface area (Å²) in [4.78, 5) is 0. The normalized spacial score (nSPS) is 12.6. The molecule has 0 heterocycles. The van der Waals surface area contributed by atoms with Gasteiger partial charge in [0.1, 0.15) is 0 Å². The summed E-state index contributed by atoms with van der Waals surface area (Å²) in [5.74, 6) is 0. The number of unbranched alkanes of at least 4 members (excludes halogenated alkanes) is 6. The highest BCUT2D eigenvalue weighted by Crippen LogP contribution is 2.26. The Labute approximate surface area is 136 Å². The molecule has 0 spiro atoms. The molecule has 0 aliphatic heterocycles. The Morgan fingerprint density at radius 3 is 2.42 bits per heavy atom. The lowest BCUT2D eigenvalue weighted by atomic mass is 10.0. The smallest absolute Gasteiger partial charge is 0.0410 e. The van der Waals surface area contributed by atoms with E-state index in [1.807, 2.05) is 18.2 Å². The first-order valence-corrected chi connectivity index (χ1v) is 8.81. The molecule has 1 nitrogen and oxygen atoms in total. The zero-order chi connectivity index (χ0) is 14.1. The number of rotatable bonds is 9. The second-order valence-electron chi connectivity index (χ2n) is 5.18. The number of halogens is 2. The minimum absolute atomic E-state index is 0.126. The van der Waals surface area contributed by atoms with E-state index >= 15 is 0 Å². The van der Waals surface area contributed by atoms with Crippen LogP contribution < -0.4 is 5.73 Å². The highest BCUT2D eigenvalue weighted by atomic mass is 127. The standard InChI is InChI=1S/C16H25ClIN/c1-2-3-4-5-6-7-8-9-16(19)14-12-13(17)10-11-15(14)18/h10-12,16H,2-9,19H2,1H3. The second kappa shape index (κ2) is 10.0. The van der Waals surface area contributed by atoms with E-state index in [0.717, 1.165) is 11.4 Å². The Morgan fingerprint density at radius 2 is 1.74 bits per heavy atom. The summed E-state index contributed by atoms with van der Waals surface area (Å²) in [6.45, 7) is 2.26. The van der Waals surface area contributed by atoms with Crippen molar-refractivity contribution in [1.82, 2.24) is 0 Å². The number of benzene rings is 1. The van der Waals surface area contributed by atoms with Crippen molar-refractivity contribution in [2.24, 2.45) is 5.73 Å². The fourth-order valence-corrected chi connectivity index (χ4v) is 3.19. The van der Waals surface area contributed by atoms with Crippen LogP contribution in [0.3, 0.4) is 0 Å². The summed E-state index contributed by atoms with van der Waals surface area (Å²) in [6, 6.07) is 6.10. The maximum Gasteiger partial charge on any atom is 0.0410 e. The lowest BCUT2D eigenvalue weighted by molar-refractivity contribution is 0.540. The molecular weight excluding hydrogens is 369 g/mol. The Bertz CT molecular complexity index is 368. The van der Waals surface area contributed by atoms with Gasteiger partial charge < -0.3 is 5.73 Å². The highest BCUT2D eigenvalue weighted by Gasteiger charge is 2.10. The first-order chi connectivity index (χ1) is 9.15. The molecule has 0 aliphatic rings. The highest BCUT2D eigenvalue weighted by molar-refractivity contribution is 14.1. The van der Waals surface area contributed by atoms with E-state index in [-0.39, 0.29) is 6.04 Å². The van der Waals surface area contributed by atoms with Crippen LogP contribution in [-0.2, 0) is 0 Å². The van der Waals surface area contributed by atoms with Gasteiger partial charge in [0.25, 0.3) is 0 Å². The third kappa shape index (κ3) is 6.96. The molecule has 2 N–H and O–H groups in total. The van der Waals surface area contributed by atoms with Gasteiger partial charge in [-0.25, -0.2) is 0 Å². The monoisotopic (exact) mass is 393 g/mol. The van der Waals surface area contributed by atoms with Crippen LogP contribution in [0.5, 0.6) is 0 Å². The van der Waals surface area contributed by atoms with Crippen LogP contribution in [0.4, 0.5) is 0 Å². The van der Waals surface area contributed by atoms with Crippen LogP contribution >= 0.6 is 34.2 Å². The van der Waals surface area contributed by atoms with Gasteiger partial charge in [-0.2, -0.15) is 0 Å². The van der Waals surface area contributed by atoms with Gasteiger partial charge in [0, 0.05) is 14.6 Å². The fraction of sp³-hybridized carbons (Fsp3) is 0.625. The molecule has 0 amide bonds. The van der Waals surface area contributed by atoms with Crippen molar-refractivity contribution in [1.29, 1.82) is 0 Å². The van der Waals surface area contributed by atoms with Crippen LogP contribution in [0.15, 0.2) is 18.2 Å². The predicted octanol–water partition coefficient (Wildman–Crippen LogP) is 6.09. The van der Waals surface area contributed by atoms with Gasteiger partial charge in [-0.15, -0.1) is 0 Å². The molecule has 19 heavy (non-hydrogen) atoms. The Kier molecular flexibility index (Phi) is 9.08. The third-order valence-electron chi connectivity index (χ3n) is 3.48. The van der Waals surface area contributed by atoms with Gasteiger partial charge >= 0.3 is 0 Å². The molecule has 108 valence electrons.